The molecule has 0 saturated heterocycles. The summed E-state index contributed by atoms with van der Waals surface area (Å²) in [6.45, 7) is 2.11. The second-order valence-corrected chi connectivity index (χ2v) is 6.55. The molecule has 7 heteroatoms. The standard InChI is InChI=1S/C20H18N4O3/c1-11-17(19(25)21-2)18(12-7-8-15-16(9-12)27-10-26-15)24-14-6-4-3-5-13(14)23-20(24)22-11/h3-9,18H,10H2,1-2H3,(H,21,25)(H,22,23)/t18-/m1/s1. The largest absolute Gasteiger partial charge is 0.454 e. The summed E-state index contributed by atoms with van der Waals surface area (Å²) in [5.74, 6) is 1.98. The average molecular weight is 362 g/mol. The van der Waals surface area contributed by atoms with Gasteiger partial charge in [-0.1, -0.05) is 18.2 Å². The zero-order valence-electron chi connectivity index (χ0n) is 14.9. The molecule has 0 fully saturated rings. The summed E-state index contributed by atoms with van der Waals surface area (Å²) in [6.07, 6.45) is 0. The first-order chi connectivity index (χ1) is 13.2. The van der Waals surface area contributed by atoms with E-state index in [0.717, 1.165) is 22.3 Å². The van der Waals surface area contributed by atoms with Crippen molar-refractivity contribution in [3.05, 3.63) is 59.3 Å². The third kappa shape index (κ3) is 2.28. The van der Waals surface area contributed by atoms with E-state index in [2.05, 4.69) is 15.2 Å². The minimum Gasteiger partial charge on any atom is -0.454 e. The molecule has 0 spiro atoms. The molecule has 1 amide bonds. The minimum absolute atomic E-state index is 0.133. The fraction of sp³-hybridized carbons (Fsp3) is 0.200. The molecule has 7 nitrogen and oxygen atoms in total. The van der Waals surface area contributed by atoms with Crippen LogP contribution in [0.25, 0.3) is 11.0 Å². The molecule has 2 aliphatic rings. The van der Waals surface area contributed by atoms with Gasteiger partial charge in [0, 0.05) is 12.7 Å². The van der Waals surface area contributed by atoms with Crippen LogP contribution in [0.5, 0.6) is 11.5 Å². The van der Waals surface area contributed by atoms with E-state index in [1.54, 1.807) is 7.05 Å². The summed E-state index contributed by atoms with van der Waals surface area (Å²) in [5, 5.41) is 6.04. The van der Waals surface area contributed by atoms with Crippen molar-refractivity contribution in [3.63, 3.8) is 0 Å². The number of nitrogens with zero attached hydrogens (tertiary/aromatic N) is 2. The van der Waals surface area contributed by atoms with Crippen LogP contribution < -0.4 is 20.1 Å². The molecule has 2 N–H and O–H groups in total. The Kier molecular flexibility index (Phi) is 3.36. The van der Waals surface area contributed by atoms with Gasteiger partial charge in [-0.3, -0.25) is 9.36 Å². The van der Waals surface area contributed by atoms with Crippen LogP contribution in [0.4, 0.5) is 5.95 Å². The van der Waals surface area contributed by atoms with Crippen LogP contribution in [0.1, 0.15) is 18.5 Å². The van der Waals surface area contributed by atoms with Crippen LogP contribution in [0.15, 0.2) is 53.7 Å². The Morgan fingerprint density at radius 3 is 2.89 bits per heavy atom. The van der Waals surface area contributed by atoms with E-state index < -0.39 is 0 Å². The number of fused-ring (bicyclic) bond motifs is 4. The fourth-order valence-corrected chi connectivity index (χ4v) is 3.79. The topological polar surface area (TPSA) is 77.4 Å². The van der Waals surface area contributed by atoms with E-state index in [-0.39, 0.29) is 18.7 Å². The van der Waals surface area contributed by atoms with Crippen molar-refractivity contribution in [1.82, 2.24) is 14.9 Å². The molecular weight excluding hydrogens is 344 g/mol. The van der Waals surface area contributed by atoms with Crippen LogP contribution >= 0.6 is 0 Å². The number of nitrogens with one attached hydrogen (secondary N) is 2. The third-order valence-corrected chi connectivity index (χ3v) is 5.01. The summed E-state index contributed by atoms with van der Waals surface area (Å²) < 4.78 is 13.1. The van der Waals surface area contributed by atoms with E-state index in [1.807, 2.05) is 49.4 Å². The number of likely N-dealkylation sites (N-methyl/N-ethyl adjacent to an activating group) is 1. The number of imidazole rings is 1. The molecule has 27 heavy (non-hydrogen) atoms. The number of anilines is 1. The van der Waals surface area contributed by atoms with E-state index in [1.165, 1.54) is 0 Å². The summed E-state index contributed by atoms with van der Waals surface area (Å²) in [7, 11) is 1.64. The van der Waals surface area contributed by atoms with Crippen LogP contribution in [0, 0.1) is 0 Å². The van der Waals surface area contributed by atoms with Crippen molar-refractivity contribution in [1.29, 1.82) is 0 Å². The maximum atomic E-state index is 12.8. The summed E-state index contributed by atoms with van der Waals surface area (Å²) in [5.41, 5.74) is 4.18. The van der Waals surface area contributed by atoms with Gasteiger partial charge in [0.1, 0.15) is 0 Å². The Bertz CT molecular complexity index is 1120. The van der Waals surface area contributed by atoms with E-state index >= 15 is 0 Å². The number of para-hydroxylation sites is 2. The van der Waals surface area contributed by atoms with Crippen molar-refractivity contribution >= 4 is 22.9 Å². The summed E-state index contributed by atoms with van der Waals surface area (Å²) >= 11 is 0. The van der Waals surface area contributed by atoms with Crippen LogP contribution in [0.3, 0.4) is 0 Å². The number of allylic oxidation sites excluding steroid dienone is 1. The lowest BCUT2D eigenvalue weighted by Crippen LogP contribution is -2.33. The minimum atomic E-state index is -0.330. The van der Waals surface area contributed by atoms with E-state index in [9.17, 15) is 4.79 Å². The van der Waals surface area contributed by atoms with E-state index in [4.69, 9.17) is 14.5 Å². The molecule has 136 valence electrons. The van der Waals surface area contributed by atoms with Crippen LogP contribution in [-0.4, -0.2) is 29.3 Å². The Balaban J connectivity index is 1.78. The Hall–Kier alpha value is -3.48. The number of carbonyl (C=O) groups is 1. The maximum absolute atomic E-state index is 12.8. The zero-order chi connectivity index (χ0) is 18.5. The Morgan fingerprint density at radius 2 is 2.04 bits per heavy atom. The number of hydrogen-bond donors (Lipinski definition) is 2. The second-order valence-electron chi connectivity index (χ2n) is 6.55. The molecular formula is C20H18N4O3. The van der Waals surface area contributed by atoms with Crippen LogP contribution in [-0.2, 0) is 4.79 Å². The zero-order valence-corrected chi connectivity index (χ0v) is 14.9. The SMILES string of the molecule is CNC(=O)C1=C(C)Nc2nc3ccccc3n2[C@@H]1c1ccc2c(c1)OCO2. The van der Waals surface area contributed by atoms with Crippen LogP contribution in [0.2, 0.25) is 0 Å². The lowest BCUT2D eigenvalue weighted by molar-refractivity contribution is -0.117. The van der Waals surface area contributed by atoms with Gasteiger partial charge in [-0.05, 0) is 36.8 Å². The van der Waals surface area contributed by atoms with Crippen molar-refractivity contribution in [2.75, 3.05) is 19.2 Å². The van der Waals surface area contributed by atoms with Gasteiger partial charge in [0.2, 0.25) is 12.7 Å². The number of amides is 1. The average Bonchev–Trinajstić information content (AvgIpc) is 3.29. The molecule has 0 saturated carbocycles. The lowest BCUT2D eigenvalue weighted by Gasteiger charge is -2.30. The van der Waals surface area contributed by atoms with Gasteiger partial charge in [0.05, 0.1) is 22.6 Å². The van der Waals surface area contributed by atoms with Crippen molar-refractivity contribution in [3.8, 4) is 11.5 Å². The van der Waals surface area contributed by atoms with Crippen molar-refractivity contribution in [2.24, 2.45) is 0 Å². The van der Waals surface area contributed by atoms with Gasteiger partial charge in [0.25, 0.3) is 5.91 Å². The van der Waals surface area contributed by atoms with Gasteiger partial charge in [-0.25, -0.2) is 4.98 Å². The molecule has 2 aromatic carbocycles. The van der Waals surface area contributed by atoms with Gasteiger partial charge < -0.3 is 20.1 Å². The molecule has 1 aromatic heterocycles. The maximum Gasteiger partial charge on any atom is 0.251 e. The summed E-state index contributed by atoms with van der Waals surface area (Å²) in [6, 6.07) is 13.4. The Labute approximate surface area is 155 Å². The number of hydrogen-bond acceptors (Lipinski definition) is 5. The quantitative estimate of drug-likeness (QED) is 0.733. The van der Waals surface area contributed by atoms with Gasteiger partial charge >= 0.3 is 0 Å². The molecule has 0 unspecified atom stereocenters. The molecule has 5 rings (SSSR count). The summed E-state index contributed by atoms with van der Waals surface area (Å²) in [4.78, 5) is 17.5. The number of benzene rings is 2. The highest BCUT2D eigenvalue weighted by Gasteiger charge is 2.34. The molecule has 2 aliphatic heterocycles. The van der Waals surface area contributed by atoms with Crippen molar-refractivity contribution in [2.45, 2.75) is 13.0 Å². The molecule has 3 aromatic rings. The van der Waals surface area contributed by atoms with E-state index in [0.29, 0.717) is 23.0 Å². The third-order valence-electron chi connectivity index (χ3n) is 5.01. The highest BCUT2D eigenvalue weighted by atomic mass is 16.7. The molecule has 0 bridgehead atoms. The highest BCUT2D eigenvalue weighted by molar-refractivity contribution is 5.97. The molecule has 3 heterocycles. The Morgan fingerprint density at radius 1 is 1.22 bits per heavy atom. The monoisotopic (exact) mass is 362 g/mol. The lowest BCUT2D eigenvalue weighted by atomic mass is 9.94. The van der Waals surface area contributed by atoms with Gasteiger partial charge in [0.15, 0.2) is 11.5 Å². The first-order valence-electron chi connectivity index (χ1n) is 8.74. The van der Waals surface area contributed by atoms with Gasteiger partial charge in [-0.2, -0.15) is 0 Å². The molecule has 0 radical (unpaired) electrons. The normalized spacial score (nSPS) is 17.6. The highest BCUT2D eigenvalue weighted by Crippen LogP contribution is 2.42. The second kappa shape index (κ2) is 5.77. The van der Waals surface area contributed by atoms with Gasteiger partial charge in [-0.15, -0.1) is 0 Å². The number of ether oxygens (including phenoxy) is 2. The predicted molar refractivity (Wildman–Crippen MR) is 101 cm³/mol. The molecule has 1 atom stereocenters. The first-order valence-corrected chi connectivity index (χ1v) is 8.74. The number of rotatable bonds is 2. The first kappa shape index (κ1) is 15.7. The predicted octanol–water partition coefficient (Wildman–Crippen LogP) is 2.80. The van der Waals surface area contributed by atoms with Crippen molar-refractivity contribution < 1.29 is 14.3 Å². The molecule has 0 aliphatic carbocycles. The number of aromatic nitrogens is 2. The smallest absolute Gasteiger partial charge is 0.251 e. The fourth-order valence-electron chi connectivity index (χ4n) is 3.79. The number of carbonyl (C=O) groups excluding carboxylic acids is 1.